The molecule has 0 spiro atoms. The lowest BCUT2D eigenvalue weighted by Gasteiger charge is -2.18. The summed E-state index contributed by atoms with van der Waals surface area (Å²) < 4.78 is 10.7. The van der Waals surface area contributed by atoms with Crippen molar-refractivity contribution in [1.29, 1.82) is 0 Å². The topological polar surface area (TPSA) is 44.5 Å². The maximum atomic E-state index is 6.33. The first-order valence-corrected chi connectivity index (χ1v) is 6.82. The van der Waals surface area contributed by atoms with Gasteiger partial charge in [-0.1, -0.05) is 48.0 Å². The Morgan fingerprint density at radius 1 is 1.00 bits per heavy atom. The first-order valence-electron chi connectivity index (χ1n) is 6.44. The van der Waals surface area contributed by atoms with Crippen LogP contribution < -0.4 is 10.5 Å². The molecule has 2 rings (SSSR count). The zero-order valence-electron chi connectivity index (χ0n) is 11.4. The quantitative estimate of drug-likeness (QED) is 0.830. The number of ether oxygens (including phenoxy) is 2. The largest absolute Gasteiger partial charge is 0.491 e. The van der Waals surface area contributed by atoms with E-state index in [0.29, 0.717) is 18.2 Å². The molecular formula is C16H18ClNO2. The van der Waals surface area contributed by atoms with Gasteiger partial charge in [-0.2, -0.15) is 0 Å². The molecule has 0 amide bonds. The van der Waals surface area contributed by atoms with Gasteiger partial charge < -0.3 is 15.2 Å². The highest BCUT2D eigenvalue weighted by molar-refractivity contribution is 6.31. The highest BCUT2D eigenvalue weighted by Crippen LogP contribution is 2.31. The van der Waals surface area contributed by atoms with Gasteiger partial charge in [0.2, 0.25) is 0 Å². The van der Waals surface area contributed by atoms with Crippen LogP contribution in [0.2, 0.25) is 5.02 Å². The van der Waals surface area contributed by atoms with E-state index in [0.717, 1.165) is 16.9 Å². The molecule has 0 saturated heterocycles. The fourth-order valence-corrected chi connectivity index (χ4v) is 2.25. The summed E-state index contributed by atoms with van der Waals surface area (Å²) in [6.45, 7) is 1.03. The Balaban J connectivity index is 2.25. The lowest BCUT2D eigenvalue weighted by Crippen LogP contribution is -2.15. The van der Waals surface area contributed by atoms with Crippen molar-refractivity contribution in [2.45, 2.75) is 6.04 Å². The Bertz CT molecular complexity index is 560. The van der Waals surface area contributed by atoms with Gasteiger partial charge in [0, 0.05) is 17.7 Å². The van der Waals surface area contributed by atoms with E-state index in [1.54, 1.807) is 7.11 Å². The first kappa shape index (κ1) is 14.9. The second-order valence-corrected chi connectivity index (χ2v) is 4.79. The Labute approximate surface area is 124 Å². The molecule has 0 fully saturated rings. The number of methoxy groups -OCH3 is 1. The molecule has 0 aromatic heterocycles. The van der Waals surface area contributed by atoms with Gasteiger partial charge in [-0.25, -0.2) is 0 Å². The summed E-state index contributed by atoms with van der Waals surface area (Å²) in [5, 5.41) is 0.659. The zero-order chi connectivity index (χ0) is 14.4. The molecular weight excluding hydrogens is 274 g/mol. The van der Waals surface area contributed by atoms with Crippen LogP contribution in [0, 0.1) is 0 Å². The Morgan fingerprint density at radius 3 is 2.35 bits per heavy atom. The van der Waals surface area contributed by atoms with Gasteiger partial charge >= 0.3 is 0 Å². The van der Waals surface area contributed by atoms with E-state index >= 15 is 0 Å². The first-order chi connectivity index (χ1) is 9.74. The van der Waals surface area contributed by atoms with Crippen molar-refractivity contribution in [3.05, 3.63) is 64.7 Å². The maximum Gasteiger partial charge on any atom is 0.124 e. The highest BCUT2D eigenvalue weighted by Gasteiger charge is 2.16. The zero-order valence-corrected chi connectivity index (χ0v) is 12.1. The van der Waals surface area contributed by atoms with E-state index in [1.165, 1.54) is 0 Å². The molecule has 0 aliphatic heterocycles. The molecule has 2 N–H and O–H groups in total. The summed E-state index contributed by atoms with van der Waals surface area (Å²) in [7, 11) is 1.64. The SMILES string of the molecule is COCCOc1ccccc1C(N)c1ccccc1Cl. The number of benzene rings is 2. The van der Waals surface area contributed by atoms with E-state index in [4.69, 9.17) is 26.8 Å². The Kier molecular flexibility index (Phi) is 5.41. The third kappa shape index (κ3) is 3.51. The fourth-order valence-electron chi connectivity index (χ4n) is 2.00. The summed E-state index contributed by atoms with van der Waals surface area (Å²) in [6, 6.07) is 15.0. The number of hydrogen-bond acceptors (Lipinski definition) is 3. The van der Waals surface area contributed by atoms with Gasteiger partial charge in [0.25, 0.3) is 0 Å². The Hall–Kier alpha value is -1.55. The van der Waals surface area contributed by atoms with E-state index in [2.05, 4.69) is 0 Å². The minimum absolute atomic E-state index is 0.317. The van der Waals surface area contributed by atoms with Gasteiger partial charge in [0.1, 0.15) is 12.4 Å². The molecule has 0 radical (unpaired) electrons. The summed E-state index contributed by atoms with van der Waals surface area (Å²) in [5.74, 6) is 0.761. The second kappa shape index (κ2) is 7.29. The molecule has 0 heterocycles. The van der Waals surface area contributed by atoms with Crippen molar-refractivity contribution in [2.24, 2.45) is 5.73 Å². The summed E-state index contributed by atoms with van der Waals surface area (Å²) >= 11 is 6.21. The van der Waals surface area contributed by atoms with Crippen molar-refractivity contribution >= 4 is 11.6 Å². The normalized spacial score (nSPS) is 12.2. The molecule has 0 aliphatic rings. The predicted molar refractivity (Wildman–Crippen MR) is 81.3 cm³/mol. The van der Waals surface area contributed by atoms with Crippen LogP contribution >= 0.6 is 11.6 Å². The summed E-state index contributed by atoms with van der Waals surface area (Å²) in [5.41, 5.74) is 8.13. The van der Waals surface area contributed by atoms with E-state index in [9.17, 15) is 0 Å². The van der Waals surface area contributed by atoms with Crippen molar-refractivity contribution < 1.29 is 9.47 Å². The molecule has 1 unspecified atom stereocenters. The van der Waals surface area contributed by atoms with Crippen LogP contribution in [0.1, 0.15) is 17.2 Å². The third-order valence-corrected chi connectivity index (χ3v) is 3.38. The van der Waals surface area contributed by atoms with Crippen LogP contribution in [0.15, 0.2) is 48.5 Å². The molecule has 2 aromatic rings. The van der Waals surface area contributed by atoms with Crippen molar-refractivity contribution in [1.82, 2.24) is 0 Å². The standard InChI is InChI=1S/C16H18ClNO2/c1-19-10-11-20-15-9-5-3-7-13(15)16(18)12-6-2-4-8-14(12)17/h2-9,16H,10-11,18H2,1H3. The van der Waals surface area contributed by atoms with E-state index in [1.807, 2.05) is 48.5 Å². The van der Waals surface area contributed by atoms with Crippen LogP contribution in [-0.2, 0) is 4.74 Å². The molecule has 2 aromatic carbocycles. The van der Waals surface area contributed by atoms with Crippen molar-refractivity contribution in [3.8, 4) is 5.75 Å². The molecule has 0 aliphatic carbocycles. The van der Waals surface area contributed by atoms with E-state index < -0.39 is 0 Å². The van der Waals surface area contributed by atoms with Gasteiger partial charge in [0.05, 0.1) is 12.6 Å². The fraction of sp³-hybridized carbons (Fsp3) is 0.250. The average Bonchev–Trinajstić information content (AvgIpc) is 2.48. The highest BCUT2D eigenvalue weighted by atomic mass is 35.5. The minimum atomic E-state index is -0.317. The number of nitrogens with two attached hydrogens (primary N) is 1. The molecule has 4 heteroatoms. The van der Waals surface area contributed by atoms with Crippen LogP contribution in [0.3, 0.4) is 0 Å². The van der Waals surface area contributed by atoms with Gasteiger partial charge in [0.15, 0.2) is 0 Å². The smallest absolute Gasteiger partial charge is 0.124 e. The van der Waals surface area contributed by atoms with Crippen LogP contribution in [0.5, 0.6) is 5.75 Å². The van der Waals surface area contributed by atoms with Gasteiger partial charge in [-0.15, -0.1) is 0 Å². The minimum Gasteiger partial charge on any atom is -0.491 e. The maximum absolute atomic E-state index is 6.33. The predicted octanol–water partition coefficient (Wildman–Crippen LogP) is 3.41. The number of hydrogen-bond donors (Lipinski definition) is 1. The Morgan fingerprint density at radius 2 is 1.65 bits per heavy atom. The molecule has 0 saturated carbocycles. The molecule has 1 atom stereocenters. The molecule has 20 heavy (non-hydrogen) atoms. The lowest BCUT2D eigenvalue weighted by atomic mass is 9.99. The molecule has 106 valence electrons. The monoisotopic (exact) mass is 291 g/mol. The van der Waals surface area contributed by atoms with E-state index in [-0.39, 0.29) is 6.04 Å². The second-order valence-electron chi connectivity index (χ2n) is 4.38. The van der Waals surface area contributed by atoms with Crippen molar-refractivity contribution in [2.75, 3.05) is 20.3 Å². The summed E-state index contributed by atoms with van der Waals surface area (Å²) in [4.78, 5) is 0. The molecule has 3 nitrogen and oxygen atoms in total. The number of para-hydroxylation sites is 1. The molecule has 0 bridgehead atoms. The number of rotatable bonds is 6. The van der Waals surface area contributed by atoms with Gasteiger partial charge in [-0.3, -0.25) is 0 Å². The third-order valence-electron chi connectivity index (χ3n) is 3.04. The average molecular weight is 292 g/mol. The van der Waals surface area contributed by atoms with Crippen molar-refractivity contribution in [3.63, 3.8) is 0 Å². The number of halogens is 1. The lowest BCUT2D eigenvalue weighted by molar-refractivity contribution is 0.145. The van der Waals surface area contributed by atoms with Crippen LogP contribution in [-0.4, -0.2) is 20.3 Å². The van der Waals surface area contributed by atoms with Crippen LogP contribution in [0.4, 0.5) is 0 Å². The summed E-state index contributed by atoms with van der Waals surface area (Å²) in [6.07, 6.45) is 0. The van der Waals surface area contributed by atoms with Crippen LogP contribution in [0.25, 0.3) is 0 Å². The van der Waals surface area contributed by atoms with Gasteiger partial charge in [-0.05, 0) is 17.7 Å².